The summed E-state index contributed by atoms with van der Waals surface area (Å²) < 4.78 is 13.7. The highest BCUT2D eigenvalue weighted by Gasteiger charge is 2.16. The van der Waals surface area contributed by atoms with Crippen molar-refractivity contribution in [1.82, 2.24) is 0 Å². The first-order valence-electron chi connectivity index (χ1n) is 5.71. The minimum atomic E-state index is -0.576. The second-order valence-corrected chi connectivity index (χ2v) is 4.08. The Balaban J connectivity index is 2.51. The van der Waals surface area contributed by atoms with E-state index in [-0.39, 0.29) is 16.9 Å². The van der Waals surface area contributed by atoms with Crippen LogP contribution in [0.25, 0.3) is 0 Å². The van der Waals surface area contributed by atoms with Crippen molar-refractivity contribution in [3.63, 3.8) is 0 Å². The van der Waals surface area contributed by atoms with Crippen LogP contribution in [0.5, 0.6) is 0 Å². The van der Waals surface area contributed by atoms with Crippen molar-refractivity contribution in [3.8, 4) is 6.07 Å². The number of anilines is 2. The van der Waals surface area contributed by atoms with Crippen molar-refractivity contribution in [2.75, 3.05) is 11.9 Å². The summed E-state index contributed by atoms with van der Waals surface area (Å²) in [7, 11) is 1.60. The number of para-hydroxylation sites is 1. The van der Waals surface area contributed by atoms with Crippen LogP contribution in [0.4, 0.5) is 21.5 Å². The van der Waals surface area contributed by atoms with E-state index in [1.54, 1.807) is 25.2 Å². The third-order valence-electron chi connectivity index (χ3n) is 2.89. The van der Waals surface area contributed by atoms with E-state index in [2.05, 4.69) is 0 Å². The van der Waals surface area contributed by atoms with Gasteiger partial charge in [0.15, 0.2) is 0 Å². The van der Waals surface area contributed by atoms with Gasteiger partial charge in [-0.2, -0.15) is 5.26 Å². The summed E-state index contributed by atoms with van der Waals surface area (Å²) in [5.41, 5.74) is 0.637. The fourth-order valence-corrected chi connectivity index (χ4v) is 1.87. The van der Waals surface area contributed by atoms with E-state index in [1.807, 2.05) is 6.07 Å². The summed E-state index contributed by atoms with van der Waals surface area (Å²) in [6.07, 6.45) is 0. The zero-order valence-corrected chi connectivity index (χ0v) is 10.6. The predicted octanol–water partition coefficient (Wildman–Crippen LogP) is 3.37. The summed E-state index contributed by atoms with van der Waals surface area (Å²) in [5, 5.41) is 19.8. The molecular weight excluding hydrogens is 261 g/mol. The number of hydrogen-bond donors (Lipinski definition) is 0. The molecule has 0 aliphatic heterocycles. The average Bonchev–Trinajstić information content (AvgIpc) is 2.46. The van der Waals surface area contributed by atoms with Crippen molar-refractivity contribution in [1.29, 1.82) is 5.26 Å². The van der Waals surface area contributed by atoms with Gasteiger partial charge in [-0.3, -0.25) is 10.1 Å². The Morgan fingerprint density at radius 3 is 2.55 bits per heavy atom. The van der Waals surface area contributed by atoms with E-state index in [0.717, 1.165) is 0 Å². The van der Waals surface area contributed by atoms with Gasteiger partial charge in [0, 0.05) is 19.2 Å². The maximum atomic E-state index is 13.7. The third-order valence-corrected chi connectivity index (χ3v) is 2.89. The molecule has 2 aromatic carbocycles. The summed E-state index contributed by atoms with van der Waals surface area (Å²) in [6.45, 7) is 0. The SMILES string of the molecule is CN(c1ccccc1F)c1ccc([N+](=O)[O-])cc1C#N. The number of halogens is 1. The fourth-order valence-electron chi connectivity index (χ4n) is 1.87. The van der Waals surface area contributed by atoms with Crippen molar-refractivity contribution < 1.29 is 9.31 Å². The molecule has 0 unspecified atom stereocenters. The lowest BCUT2D eigenvalue weighted by atomic mass is 10.1. The van der Waals surface area contributed by atoms with Gasteiger partial charge in [0.1, 0.15) is 11.9 Å². The molecule has 0 aliphatic rings. The molecule has 0 spiro atoms. The number of nitro benzene ring substituents is 1. The molecule has 20 heavy (non-hydrogen) atoms. The Labute approximate surface area is 114 Å². The highest BCUT2D eigenvalue weighted by atomic mass is 19.1. The zero-order chi connectivity index (χ0) is 14.7. The second-order valence-electron chi connectivity index (χ2n) is 4.08. The highest BCUT2D eigenvalue weighted by Crippen LogP contribution is 2.30. The molecule has 2 rings (SSSR count). The van der Waals surface area contributed by atoms with E-state index in [9.17, 15) is 14.5 Å². The van der Waals surface area contributed by atoms with Gasteiger partial charge in [0.25, 0.3) is 5.69 Å². The molecule has 0 atom stereocenters. The van der Waals surface area contributed by atoms with Crippen LogP contribution in [0.1, 0.15) is 5.56 Å². The van der Waals surface area contributed by atoms with Crippen molar-refractivity contribution in [2.45, 2.75) is 0 Å². The lowest BCUT2D eigenvalue weighted by Crippen LogP contribution is -2.12. The monoisotopic (exact) mass is 271 g/mol. The molecule has 2 aromatic rings. The van der Waals surface area contributed by atoms with Crippen molar-refractivity contribution >= 4 is 17.1 Å². The molecule has 0 fully saturated rings. The first kappa shape index (κ1) is 13.5. The Morgan fingerprint density at radius 2 is 1.95 bits per heavy atom. The van der Waals surface area contributed by atoms with E-state index in [1.165, 1.54) is 29.2 Å². The Bertz CT molecular complexity index is 710. The molecule has 0 bridgehead atoms. The zero-order valence-electron chi connectivity index (χ0n) is 10.6. The molecular formula is C14H10FN3O2. The Kier molecular flexibility index (Phi) is 3.62. The quantitative estimate of drug-likeness (QED) is 0.633. The lowest BCUT2D eigenvalue weighted by Gasteiger charge is -2.20. The second kappa shape index (κ2) is 5.36. The fraction of sp³-hybridized carbons (Fsp3) is 0.0714. The van der Waals surface area contributed by atoms with E-state index < -0.39 is 10.7 Å². The molecule has 0 radical (unpaired) electrons. The summed E-state index contributed by atoms with van der Waals surface area (Å²) in [4.78, 5) is 11.6. The van der Waals surface area contributed by atoms with E-state index in [0.29, 0.717) is 5.69 Å². The highest BCUT2D eigenvalue weighted by molar-refractivity contribution is 5.70. The van der Waals surface area contributed by atoms with Gasteiger partial charge in [-0.1, -0.05) is 12.1 Å². The first-order valence-corrected chi connectivity index (χ1v) is 5.71. The minimum absolute atomic E-state index is 0.116. The largest absolute Gasteiger partial charge is 0.341 e. The van der Waals surface area contributed by atoms with Gasteiger partial charge in [0.2, 0.25) is 0 Å². The first-order chi connectivity index (χ1) is 9.54. The van der Waals surface area contributed by atoms with Gasteiger partial charge in [-0.25, -0.2) is 4.39 Å². The van der Waals surface area contributed by atoms with Crippen molar-refractivity contribution in [3.05, 3.63) is 64.0 Å². The molecule has 6 heteroatoms. The number of non-ortho nitro benzene ring substituents is 1. The number of benzene rings is 2. The maximum Gasteiger partial charge on any atom is 0.270 e. The smallest absolute Gasteiger partial charge is 0.270 e. The molecule has 0 heterocycles. The van der Waals surface area contributed by atoms with Crippen LogP contribution in [0.15, 0.2) is 42.5 Å². The summed E-state index contributed by atoms with van der Waals surface area (Å²) in [6, 6.07) is 11.9. The average molecular weight is 271 g/mol. The summed E-state index contributed by atoms with van der Waals surface area (Å²) >= 11 is 0. The maximum absolute atomic E-state index is 13.7. The lowest BCUT2D eigenvalue weighted by molar-refractivity contribution is -0.384. The van der Waals surface area contributed by atoms with Crippen LogP contribution in [0.3, 0.4) is 0 Å². The summed E-state index contributed by atoms with van der Waals surface area (Å²) in [5.74, 6) is -0.433. The molecule has 0 aliphatic carbocycles. The van der Waals surface area contributed by atoms with Gasteiger partial charge in [-0.05, 0) is 18.2 Å². The van der Waals surface area contributed by atoms with Gasteiger partial charge >= 0.3 is 0 Å². The van der Waals surface area contributed by atoms with Crippen LogP contribution in [0.2, 0.25) is 0 Å². The molecule has 0 aromatic heterocycles. The molecule has 0 saturated carbocycles. The number of nitro groups is 1. The molecule has 0 amide bonds. The third kappa shape index (κ3) is 2.42. The van der Waals surface area contributed by atoms with Gasteiger partial charge in [0.05, 0.1) is 21.9 Å². The topological polar surface area (TPSA) is 70.2 Å². The standard InChI is InChI=1S/C14H10FN3O2/c1-17(14-5-3-2-4-12(14)15)13-7-6-11(18(19)20)8-10(13)9-16/h2-8H,1H3. The molecule has 0 saturated heterocycles. The predicted molar refractivity (Wildman–Crippen MR) is 72.3 cm³/mol. The van der Waals surface area contributed by atoms with Crippen LogP contribution in [-0.2, 0) is 0 Å². The van der Waals surface area contributed by atoms with Crippen LogP contribution in [-0.4, -0.2) is 12.0 Å². The molecule has 0 N–H and O–H groups in total. The number of nitriles is 1. The number of nitrogens with zero attached hydrogens (tertiary/aromatic N) is 3. The van der Waals surface area contributed by atoms with Gasteiger partial charge < -0.3 is 4.90 Å². The van der Waals surface area contributed by atoms with E-state index >= 15 is 0 Å². The van der Waals surface area contributed by atoms with Crippen LogP contribution >= 0.6 is 0 Å². The number of rotatable bonds is 3. The van der Waals surface area contributed by atoms with E-state index in [4.69, 9.17) is 5.26 Å². The van der Waals surface area contributed by atoms with Crippen LogP contribution < -0.4 is 4.90 Å². The van der Waals surface area contributed by atoms with Gasteiger partial charge in [-0.15, -0.1) is 0 Å². The Morgan fingerprint density at radius 1 is 1.25 bits per heavy atom. The molecule has 100 valence electrons. The minimum Gasteiger partial charge on any atom is -0.341 e. The Hall–Kier alpha value is -2.94. The normalized spacial score (nSPS) is 9.85. The number of hydrogen-bond acceptors (Lipinski definition) is 4. The van der Waals surface area contributed by atoms with Crippen molar-refractivity contribution in [2.24, 2.45) is 0 Å². The molecule has 5 nitrogen and oxygen atoms in total. The van der Waals surface area contributed by atoms with Crippen LogP contribution in [0, 0.1) is 27.3 Å².